The second-order valence-electron chi connectivity index (χ2n) is 12.4. The summed E-state index contributed by atoms with van der Waals surface area (Å²) in [6.45, 7) is 10.8. The molecule has 0 N–H and O–H groups in total. The molecule has 0 fully saturated rings. The van der Waals surface area contributed by atoms with Crippen LogP contribution < -0.4 is 0 Å². The first-order chi connectivity index (χ1) is 23.4. The van der Waals surface area contributed by atoms with Crippen LogP contribution in [0.4, 0.5) is 0 Å². The molecule has 0 spiro atoms. The third-order valence-corrected chi connectivity index (χ3v) is 8.90. The molecule has 0 radical (unpaired) electrons. The molecule has 0 bridgehead atoms. The summed E-state index contributed by atoms with van der Waals surface area (Å²) in [7, 11) is 0. The summed E-state index contributed by atoms with van der Waals surface area (Å²) in [6, 6.07) is 35.9. The molecule has 1 aliphatic carbocycles. The summed E-state index contributed by atoms with van der Waals surface area (Å²) in [5, 5.41) is 0. The van der Waals surface area contributed by atoms with E-state index in [1.165, 1.54) is 44.6 Å². The lowest BCUT2D eigenvalue weighted by atomic mass is 9.87. The highest BCUT2D eigenvalue weighted by Crippen LogP contribution is 2.32. The zero-order valence-corrected chi connectivity index (χ0v) is 29.1. The summed E-state index contributed by atoms with van der Waals surface area (Å²) in [6.07, 6.45) is 23.6. The van der Waals surface area contributed by atoms with Gasteiger partial charge in [0, 0.05) is 11.1 Å². The topological polar surface area (TPSA) is 12.9 Å². The van der Waals surface area contributed by atoms with Gasteiger partial charge in [0.2, 0.25) is 0 Å². The Labute approximate surface area is 288 Å². The summed E-state index contributed by atoms with van der Waals surface area (Å²) in [5.74, 6) is 0. The van der Waals surface area contributed by atoms with Crippen LogP contribution >= 0.6 is 0 Å². The number of hydrogen-bond acceptors (Lipinski definition) is 1. The first-order valence-corrected chi connectivity index (χ1v) is 17.1. The van der Waals surface area contributed by atoms with E-state index < -0.39 is 0 Å². The fourth-order valence-corrected chi connectivity index (χ4v) is 6.16. The third-order valence-electron chi connectivity index (χ3n) is 8.90. The average Bonchev–Trinajstić information content (AvgIpc) is 3.13. The van der Waals surface area contributed by atoms with Crippen molar-refractivity contribution in [2.75, 3.05) is 0 Å². The molecule has 1 heteroatoms. The lowest BCUT2D eigenvalue weighted by Crippen LogP contribution is -1.99. The standard InChI is InChI=1S/C47H47N/c1-6-18-40(7-2)35(3)31-38(32-36(4)41-19-11-8-12-20-41)27-29-42-25-17-26-43(37(42)5)30-28-39-33-46(44-21-13-9-14-22-44)48-47(34-39)45-23-15-10-16-24-45/h6-16,18-24,27-34H,17,25-26H2,1-5H3/b18-6-,30-28+,35-31+,36-32+,38-27-,40-7+,42-29+. The van der Waals surface area contributed by atoms with Gasteiger partial charge in [0.15, 0.2) is 0 Å². The Morgan fingerprint density at radius 2 is 1.31 bits per heavy atom. The second kappa shape index (κ2) is 17.0. The lowest BCUT2D eigenvalue weighted by molar-refractivity contribution is 0.777. The van der Waals surface area contributed by atoms with Gasteiger partial charge in [-0.15, -0.1) is 0 Å². The Hall–Kier alpha value is -5.27. The van der Waals surface area contributed by atoms with Crippen molar-refractivity contribution < 1.29 is 0 Å². The molecule has 1 nitrogen and oxygen atoms in total. The quantitative estimate of drug-likeness (QED) is 0.160. The maximum absolute atomic E-state index is 5.05. The van der Waals surface area contributed by atoms with Crippen LogP contribution in [0.3, 0.4) is 0 Å². The Morgan fingerprint density at radius 1 is 0.708 bits per heavy atom. The van der Waals surface area contributed by atoms with Gasteiger partial charge >= 0.3 is 0 Å². The monoisotopic (exact) mass is 625 g/mol. The molecular formula is C47H47N. The summed E-state index contributed by atoms with van der Waals surface area (Å²) >= 11 is 0. The molecule has 48 heavy (non-hydrogen) atoms. The largest absolute Gasteiger partial charge is 0.248 e. The van der Waals surface area contributed by atoms with Gasteiger partial charge in [-0.05, 0) is 116 Å². The molecule has 1 heterocycles. The Balaban J connectivity index is 1.50. The number of rotatable bonds is 10. The zero-order chi connectivity index (χ0) is 33.7. The number of benzene rings is 3. The number of aromatic nitrogens is 1. The number of pyridine rings is 1. The van der Waals surface area contributed by atoms with Crippen molar-refractivity contribution in [3.05, 3.63) is 196 Å². The molecule has 4 aromatic rings. The van der Waals surface area contributed by atoms with E-state index in [1.807, 2.05) is 0 Å². The van der Waals surface area contributed by atoms with Gasteiger partial charge in [-0.1, -0.05) is 146 Å². The van der Waals surface area contributed by atoms with Gasteiger partial charge in [-0.2, -0.15) is 0 Å². The maximum atomic E-state index is 5.05. The highest BCUT2D eigenvalue weighted by Gasteiger charge is 2.12. The first kappa shape index (κ1) is 34.1. The smallest absolute Gasteiger partial charge is 0.0715 e. The van der Waals surface area contributed by atoms with E-state index >= 15 is 0 Å². The van der Waals surface area contributed by atoms with Crippen molar-refractivity contribution in [1.29, 1.82) is 0 Å². The van der Waals surface area contributed by atoms with E-state index in [-0.39, 0.29) is 0 Å². The predicted octanol–water partition coefficient (Wildman–Crippen LogP) is 13.4. The molecule has 5 rings (SSSR count). The molecule has 0 unspecified atom stereocenters. The minimum Gasteiger partial charge on any atom is -0.248 e. The Morgan fingerprint density at radius 3 is 1.90 bits per heavy atom. The van der Waals surface area contributed by atoms with Gasteiger partial charge in [-0.25, -0.2) is 4.98 Å². The van der Waals surface area contributed by atoms with Crippen LogP contribution in [-0.2, 0) is 0 Å². The van der Waals surface area contributed by atoms with E-state index in [1.54, 1.807) is 0 Å². The van der Waals surface area contributed by atoms with Crippen LogP contribution in [0.15, 0.2) is 185 Å². The van der Waals surface area contributed by atoms with Crippen LogP contribution in [0.1, 0.15) is 65.0 Å². The maximum Gasteiger partial charge on any atom is 0.0715 e. The van der Waals surface area contributed by atoms with E-state index in [2.05, 4.69) is 192 Å². The van der Waals surface area contributed by atoms with Gasteiger partial charge < -0.3 is 0 Å². The normalized spacial score (nSPS) is 16.1. The molecular weight excluding hydrogens is 579 g/mol. The van der Waals surface area contributed by atoms with Gasteiger partial charge in [0.25, 0.3) is 0 Å². The number of hydrogen-bond donors (Lipinski definition) is 0. The van der Waals surface area contributed by atoms with Crippen molar-refractivity contribution in [1.82, 2.24) is 4.98 Å². The Kier molecular flexibility index (Phi) is 12.1. The molecule has 1 aliphatic rings. The molecule has 0 atom stereocenters. The van der Waals surface area contributed by atoms with Gasteiger partial charge in [0.05, 0.1) is 11.4 Å². The number of nitrogens with zero attached hydrogens (tertiary/aromatic N) is 1. The minimum atomic E-state index is 0.988. The van der Waals surface area contributed by atoms with E-state index in [4.69, 9.17) is 4.98 Å². The molecule has 3 aromatic carbocycles. The summed E-state index contributed by atoms with van der Waals surface area (Å²) in [5.41, 5.74) is 15.7. The van der Waals surface area contributed by atoms with Gasteiger partial charge in [-0.3, -0.25) is 0 Å². The molecule has 240 valence electrons. The fourth-order valence-electron chi connectivity index (χ4n) is 6.16. The second-order valence-corrected chi connectivity index (χ2v) is 12.4. The molecule has 0 saturated carbocycles. The molecule has 0 saturated heterocycles. The predicted molar refractivity (Wildman–Crippen MR) is 209 cm³/mol. The van der Waals surface area contributed by atoms with Gasteiger partial charge in [0.1, 0.15) is 0 Å². The van der Waals surface area contributed by atoms with Crippen LogP contribution in [0.5, 0.6) is 0 Å². The minimum absolute atomic E-state index is 0.988. The van der Waals surface area contributed by atoms with Crippen molar-refractivity contribution in [2.24, 2.45) is 0 Å². The average molecular weight is 626 g/mol. The fraction of sp³-hybridized carbons (Fsp3) is 0.170. The molecule has 0 amide bonds. The van der Waals surface area contributed by atoms with E-state index in [0.29, 0.717) is 0 Å². The first-order valence-electron chi connectivity index (χ1n) is 17.1. The van der Waals surface area contributed by atoms with Crippen molar-refractivity contribution in [2.45, 2.75) is 53.9 Å². The van der Waals surface area contributed by atoms with E-state index in [9.17, 15) is 0 Å². The van der Waals surface area contributed by atoms with Crippen molar-refractivity contribution >= 4 is 11.6 Å². The number of allylic oxidation sites excluding steroid dienone is 15. The van der Waals surface area contributed by atoms with E-state index in [0.717, 1.165) is 47.3 Å². The van der Waals surface area contributed by atoms with Crippen LogP contribution in [-0.4, -0.2) is 4.98 Å². The van der Waals surface area contributed by atoms with Crippen LogP contribution in [0.2, 0.25) is 0 Å². The lowest BCUT2D eigenvalue weighted by Gasteiger charge is -2.18. The van der Waals surface area contributed by atoms with Crippen molar-refractivity contribution in [3.8, 4) is 22.5 Å². The highest BCUT2D eigenvalue weighted by atomic mass is 14.7. The highest BCUT2D eigenvalue weighted by molar-refractivity contribution is 5.72. The molecule has 1 aromatic heterocycles. The Bertz CT molecular complexity index is 1880. The zero-order valence-electron chi connectivity index (χ0n) is 29.1. The third kappa shape index (κ3) is 9.17. The van der Waals surface area contributed by atoms with Crippen LogP contribution in [0, 0.1) is 0 Å². The SMILES string of the molecule is C\C=C/C(=C\C)C(/C)=C/C(=C/C=C1\CCCC(/C=C/c2cc(-c3ccccc3)nc(-c3ccccc3)c2)=C1C)/C=C(\C)c1ccccc1. The summed E-state index contributed by atoms with van der Waals surface area (Å²) in [4.78, 5) is 5.05. The van der Waals surface area contributed by atoms with Crippen molar-refractivity contribution in [3.63, 3.8) is 0 Å². The summed E-state index contributed by atoms with van der Waals surface area (Å²) < 4.78 is 0. The van der Waals surface area contributed by atoms with Crippen LogP contribution in [0.25, 0.3) is 34.2 Å². The molecule has 0 aliphatic heterocycles.